The highest BCUT2D eigenvalue weighted by Gasteiger charge is 2.16. The predicted octanol–water partition coefficient (Wildman–Crippen LogP) is 5.91. The van der Waals surface area contributed by atoms with Gasteiger partial charge in [0.25, 0.3) is 0 Å². The summed E-state index contributed by atoms with van der Waals surface area (Å²) in [6.45, 7) is 13.6. The average Bonchev–Trinajstić information content (AvgIpc) is 2.31. The minimum Gasteiger partial charge on any atom is -0.129 e. The van der Waals surface area contributed by atoms with Gasteiger partial charge < -0.3 is 0 Å². The minimum atomic E-state index is 0.514. The van der Waals surface area contributed by atoms with Crippen LogP contribution < -0.4 is 0 Å². The topological polar surface area (TPSA) is 0 Å². The van der Waals surface area contributed by atoms with Gasteiger partial charge in [-0.2, -0.15) is 0 Å². The molecule has 0 aliphatic carbocycles. The van der Waals surface area contributed by atoms with Gasteiger partial charge in [0.1, 0.15) is 0 Å². The summed E-state index contributed by atoms with van der Waals surface area (Å²) in [6.07, 6.45) is 12.0. The van der Waals surface area contributed by atoms with Crippen LogP contribution in [0.3, 0.4) is 0 Å². The van der Waals surface area contributed by atoms with Crippen molar-refractivity contribution in [3.05, 3.63) is 22.1 Å². The van der Waals surface area contributed by atoms with E-state index in [0.717, 1.165) is 12.8 Å². The van der Waals surface area contributed by atoms with Gasteiger partial charge in [-0.05, 0) is 41.6 Å². The lowest BCUT2D eigenvalue weighted by atomic mass is 9.92. The standard InChI is InChI=1S/C18H30S/c1-9-10-16(14(4)5)18(19-8)17(15(6)7)12-11-13(2)3/h1,12-15H,10-11H2,2-8H3/b17-12-,18-16-. The molecule has 0 fully saturated rings. The molecule has 0 saturated heterocycles. The van der Waals surface area contributed by atoms with Gasteiger partial charge in [-0.25, -0.2) is 0 Å². The molecule has 0 aromatic carbocycles. The average molecular weight is 279 g/mol. The third-order valence-corrected chi connectivity index (χ3v) is 4.08. The molecule has 0 bridgehead atoms. The van der Waals surface area contributed by atoms with Crippen molar-refractivity contribution in [2.24, 2.45) is 17.8 Å². The van der Waals surface area contributed by atoms with Gasteiger partial charge in [-0.15, -0.1) is 24.1 Å². The maximum absolute atomic E-state index is 5.55. The Morgan fingerprint density at radius 2 is 1.68 bits per heavy atom. The Bertz CT molecular complexity index is 362. The van der Waals surface area contributed by atoms with E-state index in [2.05, 4.69) is 59.8 Å². The van der Waals surface area contributed by atoms with Crippen molar-refractivity contribution in [1.82, 2.24) is 0 Å². The second-order valence-corrected chi connectivity index (χ2v) is 6.85. The fourth-order valence-electron chi connectivity index (χ4n) is 2.04. The quantitative estimate of drug-likeness (QED) is 0.412. The molecule has 1 heteroatoms. The van der Waals surface area contributed by atoms with Crippen LogP contribution in [0.4, 0.5) is 0 Å². The third kappa shape index (κ3) is 6.39. The summed E-state index contributed by atoms with van der Waals surface area (Å²) in [5, 5.41) is 0. The fraction of sp³-hybridized carbons (Fsp3) is 0.667. The first-order valence-electron chi connectivity index (χ1n) is 7.25. The first kappa shape index (κ1) is 18.4. The molecule has 0 spiro atoms. The summed E-state index contributed by atoms with van der Waals surface area (Å²) in [7, 11) is 0. The summed E-state index contributed by atoms with van der Waals surface area (Å²) < 4.78 is 0. The highest BCUT2D eigenvalue weighted by molar-refractivity contribution is 8.02. The number of hydrogen-bond donors (Lipinski definition) is 0. The van der Waals surface area contributed by atoms with Gasteiger partial charge in [0, 0.05) is 11.3 Å². The molecule has 0 aromatic heterocycles. The zero-order valence-corrected chi connectivity index (χ0v) is 14.5. The van der Waals surface area contributed by atoms with Gasteiger partial charge in [-0.1, -0.05) is 47.6 Å². The van der Waals surface area contributed by atoms with E-state index in [1.54, 1.807) is 0 Å². The third-order valence-electron chi connectivity index (χ3n) is 3.18. The largest absolute Gasteiger partial charge is 0.129 e. The molecule has 0 rings (SSSR count). The van der Waals surface area contributed by atoms with E-state index in [0.29, 0.717) is 17.8 Å². The molecule has 0 unspecified atom stereocenters. The molecule has 0 aliphatic rings. The molecule has 0 N–H and O–H groups in total. The molecule has 0 radical (unpaired) electrons. The SMILES string of the molecule is C#CC/C(=C(SC)\C(=C/CC(C)C)C(C)C)C(C)C. The Labute approximate surface area is 125 Å². The number of hydrogen-bond acceptors (Lipinski definition) is 1. The van der Waals surface area contributed by atoms with Crippen molar-refractivity contribution in [3.8, 4) is 12.3 Å². The molecule has 0 atom stereocenters. The lowest BCUT2D eigenvalue weighted by Crippen LogP contribution is -2.04. The minimum absolute atomic E-state index is 0.514. The zero-order chi connectivity index (χ0) is 15.0. The maximum atomic E-state index is 5.55. The molecule has 0 amide bonds. The van der Waals surface area contributed by atoms with Crippen LogP contribution in [0.2, 0.25) is 0 Å². The number of rotatable bonds is 7. The summed E-state index contributed by atoms with van der Waals surface area (Å²) >= 11 is 1.85. The first-order chi connectivity index (χ1) is 8.84. The summed E-state index contributed by atoms with van der Waals surface area (Å²) in [5.41, 5.74) is 2.89. The van der Waals surface area contributed by atoms with Crippen molar-refractivity contribution in [3.63, 3.8) is 0 Å². The Balaban J connectivity index is 5.63. The van der Waals surface area contributed by atoms with Crippen LogP contribution >= 0.6 is 11.8 Å². The van der Waals surface area contributed by atoms with Gasteiger partial charge in [-0.3, -0.25) is 0 Å². The van der Waals surface area contributed by atoms with Crippen LogP contribution in [0.5, 0.6) is 0 Å². The van der Waals surface area contributed by atoms with E-state index >= 15 is 0 Å². The molecule has 0 saturated carbocycles. The highest BCUT2D eigenvalue weighted by atomic mass is 32.2. The number of allylic oxidation sites excluding steroid dienone is 3. The molecular weight excluding hydrogens is 248 g/mol. The fourth-order valence-corrected chi connectivity index (χ4v) is 3.17. The Morgan fingerprint density at radius 1 is 1.11 bits per heavy atom. The second-order valence-electron chi connectivity index (χ2n) is 6.04. The van der Waals surface area contributed by atoms with Crippen molar-refractivity contribution in [1.29, 1.82) is 0 Å². The van der Waals surface area contributed by atoms with Crippen LogP contribution in [0, 0.1) is 30.1 Å². The Kier molecular flexibility index (Phi) is 9.02. The lowest BCUT2D eigenvalue weighted by molar-refractivity contribution is 0.652. The molecule has 19 heavy (non-hydrogen) atoms. The Morgan fingerprint density at radius 3 is 2.00 bits per heavy atom. The van der Waals surface area contributed by atoms with Gasteiger partial charge in [0.15, 0.2) is 0 Å². The Hall–Kier alpha value is -0.610. The molecular formula is C18H30S. The maximum Gasteiger partial charge on any atom is 0.0313 e. The van der Waals surface area contributed by atoms with E-state index in [-0.39, 0.29) is 0 Å². The normalized spacial score (nSPS) is 14.1. The number of thioether (sulfide) groups is 1. The molecule has 108 valence electrons. The predicted molar refractivity (Wildman–Crippen MR) is 91.2 cm³/mol. The molecule has 0 aromatic rings. The molecule has 0 heterocycles. The van der Waals surface area contributed by atoms with Crippen molar-refractivity contribution < 1.29 is 0 Å². The van der Waals surface area contributed by atoms with E-state index in [1.165, 1.54) is 16.1 Å². The van der Waals surface area contributed by atoms with E-state index in [1.807, 2.05) is 11.8 Å². The van der Waals surface area contributed by atoms with Crippen LogP contribution in [0.15, 0.2) is 22.1 Å². The van der Waals surface area contributed by atoms with Crippen molar-refractivity contribution in [2.75, 3.05) is 6.26 Å². The van der Waals surface area contributed by atoms with Gasteiger partial charge in [0.2, 0.25) is 0 Å². The van der Waals surface area contributed by atoms with E-state index < -0.39 is 0 Å². The van der Waals surface area contributed by atoms with Gasteiger partial charge in [0.05, 0.1) is 0 Å². The van der Waals surface area contributed by atoms with Crippen LogP contribution in [-0.2, 0) is 0 Å². The number of terminal acetylenes is 1. The van der Waals surface area contributed by atoms with Crippen LogP contribution in [0.1, 0.15) is 54.4 Å². The van der Waals surface area contributed by atoms with Crippen molar-refractivity contribution >= 4 is 11.8 Å². The molecule has 0 aliphatic heterocycles. The first-order valence-corrected chi connectivity index (χ1v) is 8.48. The van der Waals surface area contributed by atoms with Crippen molar-refractivity contribution in [2.45, 2.75) is 54.4 Å². The second kappa shape index (κ2) is 9.32. The zero-order valence-electron chi connectivity index (χ0n) is 13.7. The van der Waals surface area contributed by atoms with E-state index in [9.17, 15) is 0 Å². The summed E-state index contributed by atoms with van der Waals surface area (Å²) in [4.78, 5) is 1.42. The summed E-state index contributed by atoms with van der Waals surface area (Å²) in [6, 6.07) is 0. The lowest BCUT2D eigenvalue weighted by Gasteiger charge is -2.21. The van der Waals surface area contributed by atoms with E-state index in [4.69, 9.17) is 6.42 Å². The summed E-state index contributed by atoms with van der Waals surface area (Å²) in [5.74, 6) is 4.59. The van der Waals surface area contributed by atoms with Gasteiger partial charge >= 0.3 is 0 Å². The smallest absolute Gasteiger partial charge is 0.0313 e. The van der Waals surface area contributed by atoms with Crippen LogP contribution in [0.25, 0.3) is 0 Å². The highest BCUT2D eigenvalue weighted by Crippen LogP contribution is 2.35. The molecule has 0 nitrogen and oxygen atoms in total. The monoisotopic (exact) mass is 278 g/mol. The van der Waals surface area contributed by atoms with Crippen LogP contribution in [-0.4, -0.2) is 6.26 Å².